The van der Waals surface area contributed by atoms with Crippen LogP contribution in [0.25, 0.3) is 0 Å². The van der Waals surface area contributed by atoms with Gasteiger partial charge in [-0.3, -0.25) is 5.32 Å². The van der Waals surface area contributed by atoms with Crippen LogP contribution in [-0.2, 0) is 6.18 Å². The molecule has 0 amide bonds. The molecule has 0 saturated carbocycles. The second-order valence-corrected chi connectivity index (χ2v) is 4.21. The number of aliphatic imine (C=N–C) groups is 1. The second kappa shape index (κ2) is 5.78. The van der Waals surface area contributed by atoms with Crippen LogP contribution in [0.15, 0.2) is 23.2 Å². The normalized spacial score (nSPS) is 12.1. The fraction of sp³-hybridized carbons (Fsp3) is 0.273. The van der Waals surface area contributed by atoms with Gasteiger partial charge in [-0.15, -0.1) is 0 Å². The van der Waals surface area contributed by atoms with E-state index in [1.807, 2.05) is 0 Å². The summed E-state index contributed by atoms with van der Waals surface area (Å²) in [7, 11) is 0. The number of nitriles is 1. The van der Waals surface area contributed by atoms with Gasteiger partial charge in [0.1, 0.15) is 0 Å². The first-order valence-electron chi connectivity index (χ1n) is 4.83. The summed E-state index contributed by atoms with van der Waals surface area (Å²) in [6.45, 7) is 1.56. The molecule has 1 aromatic rings. The highest BCUT2D eigenvalue weighted by molar-refractivity contribution is 8.13. The van der Waals surface area contributed by atoms with Gasteiger partial charge in [-0.1, -0.05) is 11.8 Å². The molecule has 18 heavy (non-hydrogen) atoms. The number of hydrogen-bond acceptors (Lipinski definition) is 3. The highest BCUT2D eigenvalue weighted by Gasteiger charge is 2.30. The third-order valence-corrected chi connectivity index (χ3v) is 2.56. The van der Waals surface area contributed by atoms with Crippen molar-refractivity contribution in [2.75, 3.05) is 6.26 Å². The van der Waals surface area contributed by atoms with E-state index in [-0.39, 0.29) is 10.9 Å². The van der Waals surface area contributed by atoms with Gasteiger partial charge in [0.25, 0.3) is 0 Å². The molecule has 96 valence electrons. The molecule has 0 fully saturated rings. The number of benzene rings is 1. The Balaban J connectivity index is 3.19. The van der Waals surface area contributed by atoms with Crippen LogP contribution in [0.2, 0.25) is 0 Å². The summed E-state index contributed by atoms with van der Waals surface area (Å²) in [6.07, 6.45) is -1.06. The van der Waals surface area contributed by atoms with Crippen molar-refractivity contribution in [1.29, 1.82) is 5.26 Å². The molecule has 1 N–H and O–H groups in total. The fourth-order valence-corrected chi connectivity index (χ4v) is 1.63. The van der Waals surface area contributed by atoms with Gasteiger partial charge in [-0.2, -0.15) is 18.4 Å². The van der Waals surface area contributed by atoms with E-state index in [9.17, 15) is 13.2 Å². The summed E-state index contributed by atoms with van der Waals surface area (Å²) in [4.78, 5) is 3.95. The summed E-state index contributed by atoms with van der Waals surface area (Å²) in [5.74, 6) is 0. The van der Waals surface area contributed by atoms with Gasteiger partial charge in [0.2, 0.25) is 0 Å². The third-order valence-electron chi connectivity index (χ3n) is 1.98. The number of aryl methyl sites for hydroxylation is 1. The van der Waals surface area contributed by atoms with Gasteiger partial charge >= 0.3 is 6.18 Å². The Kier molecular flexibility index (Phi) is 4.62. The average molecular weight is 273 g/mol. The zero-order valence-electron chi connectivity index (χ0n) is 9.67. The van der Waals surface area contributed by atoms with Crippen molar-refractivity contribution < 1.29 is 13.2 Å². The number of halogens is 3. The van der Waals surface area contributed by atoms with Crippen LogP contribution >= 0.6 is 11.8 Å². The molecule has 0 spiro atoms. The molecule has 0 unspecified atom stereocenters. The molecule has 0 radical (unpaired) electrons. The van der Waals surface area contributed by atoms with Crippen molar-refractivity contribution in [3.8, 4) is 6.19 Å². The van der Waals surface area contributed by atoms with Gasteiger partial charge in [0.15, 0.2) is 11.4 Å². The lowest BCUT2D eigenvalue weighted by Gasteiger charge is -2.09. The fourth-order valence-electron chi connectivity index (χ4n) is 1.28. The first kappa shape index (κ1) is 14.4. The van der Waals surface area contributed by atoms with E-state index in [1.165, 1.54) is 6.07 Å². The standard InChI is InChI=1S/C11H10F3N3S/c1-7-3-8(11(12,13)14)5-9(4-7)17-10(18-2)16-6-15/h3-5H,1-2H3,(H,16,17). The summed E-state index contributed by atoms with van der Waals surface area (Å²) >= 11 is 1.14. The number of hydrogen-bond donors (Lipinski definition) is 1. The molecule has 0 aliphatic rings. The van der Waals surface area contributed by atoms with Crippen molar-refractivity contribution in [2.24, 2.45) is 4.99 Å². The Hall–Kier alpha value is -1.68. The highest BCUT2D eigenvalue weighted by atomic mass is 32.2. The zero-order chi connectivity index (χ0) is 13.8. The van der Waals surface area contributed by atoms with Gasteiger partial charge < -0.3 is 0 Å². The largest absolute Gasteiger partial charge is 0.416 e. The number of nitrogens with one attached hydrogen (secondary N) is 1. The van der Waals surface area contributed by atoms with Crippen LogP contribution < -0.4 is 5.32 Å². The summed E-state index contributed by atoms with van der Waals surface area (Å²) in [6, 6.07) is 3.52. The van der Waals surface area contributed by atoms with Crippen molar-refractivity contribution >= 4 is 22.6 Å². The molecule has 0 aromatic heterocycles. The molecule has 3 nitrogen and oxygen atoms in total. The summed E-state index contributed by atoms with van der Waals surface area (Å²) in [5.41, 5.74) is -0.130. The van der Waals surface area contributed by atoms with E-state index < -0.39 is 11.7 Å². The molecule has 0 heterocycles. The maximum Gasteiger partial charge on any atom is 0.416 e. The van der Waals surface area contributed by atoms with E-state index >= 15 is 0 Å². The van der Waals surface area contributed by atoms with Crippen molar-refractivity contribution in [1.82, 2.24) is 5.32 Å². The molecule has 0 saturated heterocycles. The van der Waals surface area contributed by atoms with Crippen LogP contribution in [0.5, 0.6) is 0 Å². The van der Waals surface area contributed by atoms with Crippen molar-refractivity contribution in [2.45, 2.75) is 13.1 Å². The maximum atomic E-state index is 12.6. The minimum atomic E-state index is -4.40. The molecule has 0 aliphatic carbocycles. The molecular formula is C11H10F3N3S. The Labute approximate surface area is 107 Å². The first-order valence-corrected chi connectivity index (χ1v) is 6.06. The van der Waals surface area contributed by atoms with Gasteiger partial charge in [0, 0.05) is 0 Å². The minimum Gasteiger partial charge on any atom is -0.271 e. The predicted molar refractivity (Wildman–Crippen MR) is 65.5 cm³/mol. The topological polar surface area (TPSA) is 48.2 Å². The number of rotatable bonds is 1. The lowest BCUT2D eigenvalue weighted by molar-refractivity contribution is -0.137. The van der Waals surface area contributed by atoms with E-state index in [1.54, 1.807) is 19.4 Å². The number of alkyl halides is 3. The Bertz CT molecular complexity index is 503. The van der Waals surface area contributed by atoms with Crippen molar-refractivity contribution in [3.63, 3.8) is 0 Å². The molecule has 0 bridgehead atoms. The van der Waals surface area contributed by atoms with Crippen LogP contribution in [0.1, 0.15) is 11.1 Å². The molecular weight excluding hydrogens is 263 g/mol. The monoisotopic (exact) mass is 273 g/mol. The average Bonchev–Trinajstić information content (AvgIpc) is 2.26. The third kappa shape index (κ3) is 3.96. The maximum absolute atomic E-state index is 12.6. The molecule has 0 atom stereocenters. The number of nitrogens with zero attached hydrogens (tertiary/aromatic N) is 2. The highest BCUT2D eigenvalue weighted by Crippen LogP contribution is 2.32. The van der Waals surface area contributed by atoms with Gasteiger partial charge in [-0.25, -0.2) is 4.99 Å². The minimum absolute atomic E-state index is 0.162. The van der Waals surface area contributed by atoms with Gasteiger partial charge in [-0.05, 0) is 36.9 Å². The van der Waals surface area contributed by atoms with E-state index in [2.05, 4.69) is 10.3 Å². The van der Waals surface area contributed by atoms with Crippen LogP contribution in [0.4, 0.5) is 18.9 Å². The Morgan fingerprint density at radius 1 is 1.39 bits per heavy atom. The lowest BCUT2D eigenvalue weighted by Crippen LogP contribution is -2.12. The van der Waals surface area contributed by atoms with E-state index in [0.717, 1.165) is 23.9 Å². The number of thioether (sulfide) groups is 1. The summed E-state index contributed by atoms with van der Waals surface area (Å²) < 4.78 is 37.8. The first-order chi connectivity index (χ1) is 8.36. The zero-order valence-corrected chi connectivity index (χ0v) is 10.5. The van der Waals surface area contributed by atoms with E-state index in [4.69, 9.17) is 5.26 Å². The number of amidine groups is 1. The molecule has 7 heteroatoms. The SMILES string of the molecule is CSC(=Nc1cc(C)cc(C(F)(F)F)c1)NC#N. The predicted octanol–water partition coefficient (Wildman–Crippen LogP) is 3.44. The lowest BCUT2D eigenvalue weighted by atomic mass is 10.1. The molecule has 1 aromatic carbocycles. The van der Waals surface area contributed by atoms with Crippen molar-refractivity contribution in [3.05, 3.63) is 29.3 Å². The van der Waals surface area contributed by atoms with E-state index in [0.29, 0.717) is 5.56 Å². The second-order valence-electron chi connectivity index (χ2n) is 3.41. The molecule has 0 aliphatic heterocycles. The van der Waals surface area contributed by atoms with Crippen LogP contribution in [-0.4, -0.2) is 11.4 Å². The van der Waals surface area contributed by atoms with Gasteiger partial charge in [0.05, 0.1) is 11.3 Å². The smallest absolute Gasteiger partial charge is 0.271 e. The quantitative estimate of drug-likeness (QED) is 0.369. The Morgan fingerprint density at radius 2 is 2.06 bits per heavy atom. The van der Waals surface area contributed by atoms with Crippen LogP contribution in [0.3, 0.4) is 0 Å². The Morgan fingerprint density at radius 3 is 2.56 bits per heavy atom. The van der Waals surface area contributed by atoms with Crippen LogP contribution in [0, 0.1) is 18.4 Å². The summed E-state index contributed by atoms with van der Waals surface area (Å²) in [5, 5.41) is 11.0. The molecule has 1 rings (SSSR count).